The smallest absolute Gasteiger partial charge is 0.306 e. The Morgan fingerprint density at radius 3 is 1.34 bits per heavy atom. The number of ether oxygens (including phenoxy) is 1. The highest BCUT2D eigenvalue weighted by Crippen LogP contribution is 2.16. The van der Waals surface area contributed by atoms with E-state index in [0.29, 0.717) is 19.3 Å². The van der Waals surface area contributed by atoms with Crippen molar-refractivity contribution in [2.75, 3.05) is 6.61 Å². The van der Waals surface area contributed by atoms with Gasteiger partial charge in [0.25, 0.3) is 0 Å². The Hall–Kier alpha value is -3.48. The molecule has 0 aromatic carbocycles. The molecule has 0 spiro atoms. The van der Waals surface area contributed by atoms with Gasteiger partial charge in [0.2, 0.25) is 5.91 Å². The van der Waals surface area contributed by atoms with Gasteiger partial charge in [0.15, 0.2) is 0 Å². The van der Waals surface area contributed by atoms with Crippen LogP contribution < -0.4 is 5.32 Å². The van der Waals surface area contributed by atoms with Crippen molar-refractivity contribution in [2.45, 2.75) is 225 Å². The number of carbonyl (C=O) groups is 2. The predicted molar refractivity (Wildman–Crippen MR) is 268 cm³/mol. The molecule has 0 saturated carbocycles. The summed E-state index contributed by atoms with van der Waals surface area (Å²) in [5.74, 6) is -0.578. The third-order valence-electron chi connectivity index (χ3n) is 10.6. The molecule has 3 atom stereocenters. The highest BCUT2D eigenvalue weighted by atomic mass is 16.5. The molecule has 62 heavy (non-hydrogen) atoms. The molecule has 3 N–H and O–H groups in total. The van der Waals surface area contributed by atoms with Gasteiger partial charge in [0.05, 0.1) is 25.2 Å². The zero-order valence-electron chi connectivity index (χ0n) is 40.0. The third kappa shape index (κ3) is 43.2. The molecule has 0 aliphatic rings. The van der Waals surface area contributed by atoms with Gasteiger partial charge in [-0.25, -0.2) is 0 Å². The molecule has 0 bridgehead atoms. The van der Waals surface area contributed by atoms with Gasteiger partial charge in [-0.3, -0.25) is 9.59 Å². The topological polar surface area (TPSA) is 95.9 Å². The van der Waals surface area contributed by atoms with Crippen LogP contribution in [0.4, 0.5) is 0 Å². The lowest BCUT2D eigenvalue weighted by atomic mass is 10.0. The molecule has 1 amide bonds. The first-order valence-corrected chi connectivity index (χ1v) is 25.1. The minimum Gasteiger partial charge on any atom is -0.462 e. The van der Waals surface area contributed by atoms with Crippen LogP contribution in [-0.2, 0) is 14.3 Å². The molecule has 0 aromatic heterocycles. The van der Waals surface area contributed by atoms with Crippen LogP contribution in [0.1, 0.15) is 207 Å². The molecular weight excluding hydrogens is 767 g/mol. The fraction of sp³-hybridized carbons (Fsp3) is 0.643. The Morgan fingerprint density at radius 2 is 0.887 bits per heavy atom. The first-order chi connectivity index (χ1) is 30.5. The van der Waals surface area contributed by atoms with Crippen LogP contribution in [0.5, 0.6) is 0 Å². The van der Waals surface area contributed by atoms with Crippen LogP contribution >= 0.6 is 0 Å². The van der Waals surface area contributed by atoms with Gasteiger partial charge in [0, 0.05) is 6.42 Å². The molecule has 0 aromatic rings. The number of hydrogen-bond donors (Lipinski definition) is 3. The lowest BCUT2D eigenvalue weighted by molar-refractivity contribution is -0.151. The summed E-state index contributed by atoms with van der Waals surface area (Å²) in [6, 6.07) is -0.732. The summed E-state index contributed by atoms with van der Waals surface area (Å²) in [5, 5.41) is 23.7. The maximum atomic E-state index is 13.2. The van der Waals surface area contributed by atoms with Crippen molar-refractivity contribution in [3.8, 4) is 0 Å². The molecule has 0 heterocycles. The molecule has 3 unspecified atom stereocenters. The molecule has 0 aliphatic carbocycles. The lowest BCUT2D eigenvalue weighted by Crippen LogP contribution is -2.46. The van der Waals surface area contributed by atoms with E-state index in [-0.39, 0.29) is 24.9 Å². The summed E-state index contributed by atoms with van der Waals surface area (Å²) < 4.78 is 5.89. The van der Waals surface area contributed by atoms with E-state index in [4.69, 9.17) is 4.74 Å². The van der Waals surface area contributed by atoms with Gasteiger partial charge in [0.1, 0.15) is 6.10 Å². The molecule has 0 radical (unpaired) electrons. The largest absolute Gasteiger partial charge is 0.462 e. The normalized spacial score (nSPS) is 14.2. The van der Waals surface area contributed by atoms with Gasteiger partial charge >= 0.3 is 5.97 Å². The van der Waals surface area contributed by atoms with E-state index in [1.165, 1.54) is 44.9 Å². The van der Waals surface area contributed by atoms with E-state index >= 15 is 0 Å². The number of aliphatic hydroxyl groups excluding tert-OH is 2. The second-order valence-electron chi connectivity index (χ2n) is 16.4. The predicted octanol–water partition coefficient (Wildman–Crippen LogP) is 15.1. The summed E-state index contributed by atoms with van der Waals surface area (Å²) in [4.78, 5) is 26.1. The Labute approximate surface area is 381 Å². The number of allylic oxidation sites excluding steroid dienone is 18. The van der Waals surface area contributed by atoms with Gasteiger partial charge in [-0.2, -0.15) is 0 Å². The SMILES string of the molecule is CC/C=C\C/C=C\C/C=C\C/C=C\C/C=C\CCCC(CC(=O)NC(CO)C(O)CCCCCCCCCCCC)OC(=O)CCCCC/C=C/C/C=C/C/C=C/C/C=C/CC. The zero-order valence-corrected chi connectivity index (χ0v) is 40.0. The van der Waals surface area contributed by atoms with E-state index in [1.807, 2.05) is 0 Å². The number of amides is 1. The minimum absolute atomic E-state index is 0.0186. The number of aliphatic hydroxyl groups is 2. The molecule has 352 valence electrons. The number of hydrogen-bond acceptors (Lipinski definition) is 5. The van der Waals surface area contributed by atoms with Crippen LogP contribution in [0, 0.1) is 0 Å². The van der Waals surface area contributed by atoms with Crippen molar-refractivity contribution in [3.63, 3.8) is 0 Å². The van der Waals surface area contributed by atoms with Crippen molar-refractivity contribution < 1.29 is 24.5 Å². The van der Waals surface area contributed by atoms with Crippen molar-refractivity contribution in [1.82, 2.24) is 5.32 Å². The van der Waals surface area contributed by atoms with Gasteiger partial charge in [-0.1, -0.05) is 201 Å². The Morgan fingerprint density at radius 1 is 0.484 bits per heavy atom. The average molecular weight is 860 g/mol. The van der Waals surface area contributed by atoms with E-state index in [2.05, 4.69) is 135 Å². The van der Waals surface area contributed by atoms with Crippen molar-refractivity contribution >= 4 is 11.9 Å². The van der Waals surface area contributed by atoms with Crippen LogP contribution in [0.2, 0.25) is 0 Å². The first-order valence-electron chi connectivity index (χ1n) is 25.1. The molecular formula is C56H93NO5. The number of carbonyl (C=O) groups excluding carboxylic acids is 2. The fourth-order valence-electron chi connectivity index (χ4n) is 6.86. The third-order valence-corrected chi connectivity index (χ3v) is 10.6. The van der Waals surface area contributed by atoms with E-state index in [9.17, 15) is 19.8 Å². The van der Waals surface area contributed by atoms with E-state index in [1.54, 1.807) is 0 Å². The summed E-state index contributed by atoms with van der Waals surface area (Å²) >= 11 is 0. The lowest BCUT2D eigenvalue weighted by Gasteiger charge is -2.24. The molecule has 6 heteroatoms. The molecule has 0 fully saturated rings. The standard InChI is InChI=1S/C56H93NO5/c1-4-7-10-13-16-19-22-24-26-28-29-31-33-35-38-41-44-47-52(50-55(60)57-53(51-58)54(59)48-45-42-39-36-21-18-15-12-9-6-3)62-56(61)49-46-43-40-37-34-32-30-27-25-23-20-17-14-11-8-5-2/h7-8,10-11,16-17,19-20,24-27,29,31-32,34-35,38,52-54,58-59H,4-6,9,12-15,18,21-23,28,30,33,36-37,39-51H2,1-3H3,(H,57,60)/b10-7-,11-8+,19-16-,20-17+,26-24-,27-25+,31-29-,34-32+,38-35-. The second kappa shape index (κ2) is 48.6. The molecule has 6 nitrogen and oxygen atoms in total. The quantitative estimate of drug-likeness (QED) is 0.0322. The Bertz CT molecular complexity index is 1280. The average Bonchev–Trinajstić information content (AvgIpc) is 3.26. The fourth-order valence-corrected chi connectivity index (χ4v) is 6.86. The van der Waals surface area contributed by atoms with Crippen LogP contribution in [0.25, 0.3) is 0 Å². The monoisotopic (exact) mass is 860 g/mol. The summed E-state index contributed by atoms with van der Waals surface area (Å²) in [7, 11) is 0. The molecule has 0 saturated heterocycles. The van der Waals surface area contributed by atoms with Crippen molar-refractivity contribution in [2.24, 2.45) is 0 Å². The second-order valence-corrected chi connectivity index (χ2v) is 16.4. The van der Waals surface area contributed by atoms with Crippen LogP contribution in [0.15, 0.2) is 109 Å². The van der Waals surface area contributed by atoms with Crippen LogP contribution in [0.3, 0.4) is 0 Å². The number of esters is 1. The van der Waals surface area contributed by atoms with Gasteiger partial charge in [-0.05, 0) is 103 Å². The highest BCUT2D eigenvalue weighted by molar-refractivity contribution is 5.77. The number of rotatable bonds is 43. The Kier molecular flexibility index (Phi) is 45.8. The summed E-state index contributed by atoms with van der Waals surface area (Å²) in [6.07, 6.45) is 65.8. The molecule has 0 rings (SSSR count). The Balaban J connectivity index is 4.79. The molecule has 0 aliphatic heterocycles. The maximum absolute atomic E-state index is 13.2. The van der Waals surface area contributed by atoms with E-state index < -0.39 is 18.2 Å². The van der Waals surface area contributed by atoms with Crippen molar-refractivity contribution in [3.05, 3.63) is 109 Å². The maximum Gasteiger partial charge on any atom is 0.306 e. The van der Waals surface area contributed by atoms with Crippen molar-refractivity contribution in [1.29, 1.82) is 0 Å². The van der Waals surface area contributed by atoms with Gasteiger partial charge in [-0.15, -0.1) is 0 Å². The first kappa shape index (κ1) is 58.5. The summed E-state index contributed by atoms with van der Waals surface area (Å²) in [5.41, 5.74) is 0. The van der Waals surface area contributed by atoms with E-state index in [0.717, 1.165) is 116 Å². The van der Waals surface area contributed by atoms with Gasteiger partial charge < -0.3 is 20.3 Å². The highest BCUT2D eigenvalue weighted by Gasteiger charge is 2.24. The van der Waals surface area contributed by atoms with Crippen LogP contribution in [-0.4, -0.2) is 46.9 Å². The minimum atomic E-state index is -0.814. The number of unbranched alkanes of at least 4 members (excludes halogenated alkanes) is 13. The summed E-state index contributed by atoms with van der Waals surface area (Å²) in [6.45, 7) is 6.20. The number of nitrogens with one attached hydrogen (secondary N) is 1. The zero-order chi connectivity index (χ0) is 45.2.